The molecule has 1 aliphatic carbocycles. The maximum atomic E-state index is 5.45. The molecule has 0 bridgehead atoms. The maximum absolute atomic E-state index is 5.45. The topological polar surface area (TPSA) is 29.6 Å². The summed E-state index contributed by atoms with van der Waals surface area (Å²) < 4.78 is 2.50. The van der Waals surface area contributed by atoms with Gasteiger partial charge in [-0.15, -0.1) is 0 Å². The second-order valence-corrected chi connectivity index (χ2v) is 14.6. The number of fused-ring (bicyclic) bond motifs is 6. The lowest BCUT2D eigenvalue weighted by Gasteiger charge is -2.34. The van der Waals surface area contributed by atoms with Gasteiger partial charge in [0, 0.05) is 27.8 Å². The lowest BCUT2D eigenvalue weighted by Crippen LogP contribution is -2.26. The monoisotopic (exact) mass is 681 g/mol. The lowest BCUT2D eigenvalue weighted by molar-refractivity contribution is 0.765. The van der Waals surface area contributed by atoms with E-state index in [0.29, 0.717) is 0 Å². The molecule has 3 heteroatoms. The maximum Gasteiger partial charge on any atom is 0.137 e. The van der Waals surface area contributed by atoms with Gasteiger partial charge < -0.3 is 4.57 Å². The van der Waals surface area contributed by atoms with Gasteiger partial charge in [-0.3, -0.25) is 0 Å². The summed E-state index contributed by atoms with van der Waals surface area (Å²) >= 11 is 0. The molecule has 0 saturated carbocycles. The number of aliphatic imine (C=N–C) groups is 2. The largest absolute Gasteiger partial charge is 0.309 e. The van der Waals surface area contributed by atoms with Gasteiger partial charge in [-0.1, -0.05) is 139 Å². The van der Waals surface area contributed by atoms with Gasteiger partial charge in [-0.05, 0) is 101 Å². The molecule has 10 rings (SSSR count). The Morgan fingerprint density at radius 1 is 0.585 bits per heavy atom. The van der Waals surface area contributed by atoms with Crippen molar-refractivity contribution in [2.24, 2.45) is 15.9 Å². The number of hydrogen-bond acceptors (Lipinski definition) is 2. The highest BCUT2D eigenvalue weighted by molar-refractivity contribution is 6.21. The first kappa shape index (κ1) is 31.4. The third-order valence-corrected chi connectivity index (χ3v) is 11.3. The predicted octanol–water partition coefficient (Wildman–Crippen LogP) is 12.9. The Morgan fingerprint density at radius 2 is 1.28 bits per heavy atom. The Hall–Kier alpha value is -6.32. The van der Waals surface area contributed by atoms with Crippen LogP contribution in [0.5, 0.6) is 0 Å². The Labute approximate surface area is 310 Å². The molecule has 2 heterocycles. The van der Waals surface area contributed by atoms with Gasteiger partial charge >= 0.3 is 0 Å². The van der Waals surface area contributed by atoms with Gasteiger partial charge in [-0.25, -0.2) is 9.98 Å². The first-order chi connectivity index (χ1) is 26.1. The summed E-state index contributed by atoms with van der Waals surface area (Å²) in [6.45, 7) is 4.54. The van der Waals surface area contributed by atoms with E-state index in [1.807, 2.05) is 0 Å². The molecule has 0 saturated heterocycles. The second kappa shape index (κ2) is 12.7. The van der Waals surface area contributed by atoms with E-state index in [2.05, 4.69) is 176 Å². The number of nitrogens with zero attached hydrogens (tertiary/aromatic N) is 3. The Morgan fingerprint density at radius 3 is 2.06 bits per heavy atom. The third kappa shape index (κ3) is 5.35. The van der Waals surface area contributed by atoms with Gasteiger partial charge in [0.05, 0.1) is 22.4 Å². The van der Waals surface area contributed by atoms with Gasteiger partial charge in [0.1, 0.15) is 5.84 Å². The SMILES string of the molecule is CC1=C(c2cc(-n3c4cc5ccccc5cc4c4ccc5ccccc5c43)ccc2C)C(C2=N/C(c3ccccc3)=C\CCC(c3ccccc3)=N2)C1. The molecular weight excluding hydrogens is 643 g/mol. The summed E-state index contributed by atoms with van der Waals surface area (Å²) in [7, 11) is 0. The summed E-state index contributed by atoms with van der Waals surface area (Å²) in [6, 6.07) is 55.0. The molecule has 0 amide bonds. The molecule has 1 aromatic heterocycles. The number of rotatable bonds is 5. The highest BCUT2D eigenvalue weighted by atomic mass is 15.0. The van der Waals surface area contributed by atoms with Crippen molar-refractivity contribution in [2.75, 3.05) is 0 Å². The number of aryl methyl sites for hydroxylation is 1. The zero-order valence-corrected chi connectivity index (χ0v) is 30.1. The summed E-state index contributed by atoms with van der Waals surface area (Å²) in [6.07, 6.45) is 5.00. The van der Waals surface area contributed by atoms with Crippen molar-refractivity contribution in [3.63, 3.8) is 0 Å². The lowest BCUT2D eigenvalue weighted by atomic mass is 9.72. The Bertz CT molecular complexity index is 2870. The number of benzene rings is 7. The van der Waals surface area contributed by atoms with E-state index in [0.717, 1.165) is 42.1 Å². The molecule has 254 valence electrons. The highest BCUT2D eigenvalue weighted by Crippen LogP contribution is 2.46. The third-order valence-electron chi connectivity index (χ3n) is 11.3. The molecule has 7 aromatic carbocycles. The molecule has 0 radical (unpaired) electrons. The summed E-state index contributed by atoms with van der Waals surface area (Å²) in [5.41, 5.74) is 13.3. The second-order valence-electron chi connectivity index (χ2n) is 14.6. The van der Waals surface area contributed by atoms with Crippen LogP contribution in [0.4, 0.5) is 0 Å². The predicted molar refractivity (Wildman–Crippen MR) is 225 cm³/mol. The van der Waals surface area contributed by atoms with Crippen molar-refractivity contribution in [3.8, 4) is 5.69 Å². The van der Waals surface area contributed by atoms with E-state index in [4.69, 9.17) is 9.98 Å². The average Bonchev–Trinajstić information content (AvgIpc) is 3.51. The average molecular weight is 682 g/mol. The fraction of sp³-hybridized carbons (Fsp3) is 0.120. The van der Waals surface area contributed by atoms with Crippen molar-refractivity contribution >= 4 is 66.2 Å². The molecule has 0 spiro atoms. The summed E-state index contributed by atoms with van der Waals surface area (Å²) in [5.74, 6) is 0.995. The van der Waals surface area contributed by atoms with Crippen LogP contribution in [0.15, 0.2) is 173 Å². The minimum Gasteiger partial charge on any atom is -0.309 e. The first-order valence-electron chi connectivity index (χ1n) is 18.7. The summed E-state index contributed by atoms with van der Waals surface area (Å²) in [4.78, 5) is 10.9. The number of allylic oxidation sites excluding steroid dienone is 2. The first-order valence-corrected chi connectivity index (χ1v) is 18.7. The minimum atomic E-state index is 0.0933. The Kier molecular flexibility index (Phi) is 7.54. The standard InChI is InChI=1S/C50H39N3/c1-32-24-26-39(53-47-30-38-20-10-9-19-37(38)29-43(47)41-27-25-34-14-11-12-21-40(34)49(41)53)31-42(32)48-33(2)28-44(48)50-51-45(35-15-5-3-6-16-35)22-13-23-46(52-50)36-17-7-4-8-18-36/h3-12,14-22,24-27,29-31,44H,13,23,28H2,1-2H3/b45-22-,51-50?,52-46?. The van der Waals surface area contributed by atoms with Crippen LogP contribution >= 0.6 is 0 Å². The van der Waals surface area contributed by atoms with Crippen LogP contribution in [0.3, 0.4) is 0 Å². The minimum absolute atomic E-state index is 0.0933. The molecule has 2 aliphatic rings. The van der Waals surface area contributed by atoms with E-state index in [1.165, 1.54) is 76.9 Å². The van der Waals surface area contributed by atoms with Crippen LogP contribution in [0.2, 0.25) is 0 Å². The van der Waals surface area contributed by atoms with Crippen LogP contribution in [0, 0.1) is 12.8 Å². The van der Waals surface area contributed by atoms with Gasteiger partial charge in [0.2, 0.25) is 0 Å². The summed E-state index contributed by atoms with van der Waals surface area (Å²) in [5, 5.41) is 7.56. The molecule has 53 heavy (non-hydrogen) atoms. The van der Waals surface area contributed by atoms with Crippen LogP contribution in [0.1, 0.15) is 48.4 Å². The van der Waals surface area contributed by atoms with E-state index in [9.17, 15) is 0 Å². The number of amidine groups is 1. The number of aromatic nitrogens is 1. The molecule has 3 nitrogen and oxygen atoms in total. The van der Waals surface area contributed by atoms with E-state index in [-0.39, 0.29) is 5.92 Å². The quantitative estimate of drug-likeness (QED) is 0.173. The smallest absolute Gasteiger partial charge is 0.137 e. The zero-order chi connectivity index (χ0) is 35.5. The van der Waals surface area contributed by atoms with E-state index in [1.54, 1.807) is 0 Å². The number of hydrogen-bond donors (Lipinski definition) is 0. The van der Waals surface area contributed by atoms with Gasteiger partial charge in [0.15, 0.2) is 0 Å². The molecule has 0 fully saturated rings. The van der Waals surface area contributed by atoms with Crippen molar-refractivity contribution in [1.29, 1.82) is 0 Å². The highest BCUT2D eigenvalue weighted by Gasteiger charge is 2.34. The van der Waals surface area contributed by atoms with E-state index >= 15 is 0 Å². The molecule has 1 unspecified atom stereocenters. The molecule has 0 N–H and O–H groups in total. The van der Waals surface area contributed by atoms with Crippen molar-refractivity contribution in [3.05, 3.63) is 186 Å². The molecule has 1 atom stereocenters. The van der Waals surface area contributed by atoms with Crippen LogP contribution < -0.4 is 0 Å². The van der Waals surface area contributed by atoms with Crippen molar-refractivity contribution in [2.45, 2.75) is 33.1 Å². The van der Waals surface area contributed by atoms with Crippen molar-refractivity contribution < 1.29 is 0 Å². The fourth-order valence-electron chi connectivity index (χ4n) is 8.61. The van der Waals surface area contributed by atoms with Crippen LogP contribution in [-0.2, 0) is 0 Å². The van der Waals surface area contributed by atoms with Crippen LogP contribution in [0.25, 0.3) is 60.3 Å². The van der Waals surface area contributed by atoms with Gasteiger partial charge in [-0.2, -0.15) is 0 Å². The normalized spacial score (nSPS) is 17.3. The van der Waals surface area contributed by atoms with Crippen molar-refractivity contribution in [1.82, 2.24) is 4.57 Å². The van der Waals surface area contributed by atoms with Gasteiger partial charge in [0.25, 0.3) is 0 Å². The Balaban J connectivity index is 1.16. The zero-order valence-electron chi connectivity index (χ0n) is 30.1. The van der Waals surface area contributed by atoms with E-state index < -0.39 is 0 Å². The fourth-order valence-corrected chi connectivity index (χ4v) is 8.61. The van der Waals surface area contributed by atoms with Crippen LogP contribution in [-0.4, -0.2) is 16.1 Å². The molecule has 8 aromatic rings. The molecule has 1 aliphatic heterocycles. The molecular formula is C50H39N3.